The van der Waals surface area contributed by atoms with Crippen LogP contribution in [-0.4, -0.2) is 29.9 Å². The number of benzene rings is 1. The van der Waals surface area contributed by atoms with Gasteiger partial charge in [-0.25, -0.2) is 0 Å². The van der Waals surface area contributed by atoms with Crippen molar-refractivity contribution >= 4 is 0 Å². The second-order valence-corrected chi connectivity index (χ2v) is 5.61. The lowest BCUT2D eigenvalue weighted by molar-refractivity contribution is 0.0455. The Morgan fingerprint density at radius 3 is 2.83 bits per heavy atom. The molecule has 3 nitrogen and oxygen atoms in total. The van der Waals surface area contributed by atoms with Crippen LogP contribution in [0.4, 0.5) is 0 Å². The van der Waals surface area contributed by atoms with Gasteiger partial charge >= 0.3 is 0 Å². The fourth-order valence-corrected chi connectivity index (χ4v) is 3.04. The minimum absolute atomic E-state index is 0.215. The van der Waals surface area contributed by atoms with Crippen molar-refractivity contribution in [3.8, 4) is 5.75 Å². The summed E-state index contributed by atoms with van der Waals surface area (Å²) in [6.07, 6.45) is 5.37. The fraction of sp³-hybridized carbons (Fsp3) is 0.600. The molecule has 0 spiro atoms. The summed E-state index contributed by atoms with van der Waals surface area (Å²) in [6.45, 7) is 1.51. The zero-order chi connectivity index (χ0) is 12.4. The van der Waals surface area contributed by atoms with Gasteiger partial charge in [0, 0.05) is 19.5 Å². The molecule has 1 atom stereocenters. The van der Waals surface area contributed by atoms with E-state index in [1.165, 1.54) is 5.56 Å². The maximum Gasteiger partial charge on any atom is 0.123 e. The zero-order valence-corrected chi connectivity index (χ0v) is 10.7. The van der Waals surface area contributed by atoms with E-state index in [-0.39, 0.29) is 6.10 Å². The van der Waals surface area contributed by atoms with Crippen LogP contribution in [0.2, 0.25) is 0 Å². The van der Waals surface area contributed by atoms with Crippen LogP contribution in [0.3, 0.4) is 0 Å². The molecular formula is C15H21NO2. The second kappa shape index (κ2) is 4.90. The molecule has 2 N–H and O–H groups in total. The molecule has 1 unspecified atom stereocenters. The van der Waals surface area contributed by atoms with Gasteiger partial charge in [0.15, 0.2) is 0 Å². The maximum absolute atomic E-state index is 10.2. The summed E-state index contributed by atoms with van der Waals surface area (Å²) in [4.78, 5) is 0. The molecular weight excluding hydrogens is 226 g/mol. The first-order valence-corrected chi connectivity index (χ1v) is 6.93. The Bertz CT molecular complexity index is 388. The van der Waals surface area contributed by atoms with Crippen molar-refractivity contribution in [3.63, 3.8) is 0 Å². The van der Waals surface area contributed by atoms with Gasteiger partial charge in [0.05, 0.1) is 5.60 Å². The Morgan fingerprint density at radius 1 is 1.28 bits per heavy atom. The number of rotatable bonds is 4. The molecule has 2 aliphatic rings. The average Bonchev–Trinajstić information content (AvgIpc) is 2.95. The lowest BCUT2D eigenvalue weighted by Crippen LogP contribution is -2.41. The largest absolute Gasteiger partial charge is 0.488 e. The molecule has 1 fully saturated rings. The third-order valence-electron chi connectivity index (χ3n) is 4.07. The molecule has 1 aliphatic carbocycles. The van der Waals surface area contributed by atoms with Gasteiger partial charge in [-0.05, 0) is 24.5 Å². The van der Waals surface area contributed by atoms with Gasteiger partial charge in [-0.3, -0.25) is 0 Å². The second-order valence-electron chi connectivity index (χ2n) is 5.61. The molecule has 18 heavy (non-hydrogen) atoms. The van der Waals surface area contributed by atoms with Gasteiger partial charge in [0.2, 0.25) is 0 Å². The summed E-state index contributed by atoms with van der Waals surface area (Å²) >= 11 is 0. The minimum Gasteiger partial charge on any atom is -0.488 e. The highest BCUT2D eigenvalue weighted by molar-refractivity contribution is 5.37. The minimum atomic E-state index is -0.467. The summed E-state index contributed by atoms with van der Waals surface area (Å²) in [7, 11) is 0. The van der Waals surface area contributed by atoms with Gasteiger partial charge in [0.25, 0.3) is 0 Å². The Kier molecular flexibility index (Phi) is 3.27. The molecule has 1 aromatic rings. The van der Waals surface area contributed by atoms with E-state index < -0.39 is 5.60 Å². The average molecular weight is 247 g/mol. The lowest BCUT2D eigenvalue weighted by Gasteiger charge is -2.23. The van der Waals surface area contributed by atoms with Gasteiger partial charge in [-0.2, -0.15) is 0 Å². The molecule has 0 saturated heterocycles. The molecule has 98 valence electrons. The number of aliphatic hydroxyl groups is 1. The van der Waals surface area contributed by atoms with Crippen LogP contribution in [0.15, 0.2) is 24.3 Å². The molecule has 1 saturated carbocycles. The Balaban J connectivity index is 1.46. The van der Waals surface area contributed by atoms with Gasteiger partial charge in [-0.1, -0.05) is 31.0 Å². The molecule has 1 aromatic carbocycles. The van der Waals surface area contributed by atoms with Crippen LogP contribution in [0.25, 0.3) is 0 Å². The first-order valence-electron chi connectivity index (χ1n) is 6.93. The van der Waals surface area contributed by atoms with Crippen molar-refractivity contribution in [1.82, 2.24) is 5.32 Å². The van der Waals surface area contributed by atoms with Gasteiger partial charge < -0.3 is 15.2 Å². The molecule has 0 bridgehead atoms. The Hall–Kier alpha value is -1.06. The number of hydrogen-bond acceptors (Lipinski definition) is 3. The summed E-state index contributed by atoms with van der Waals surface area (Å²) in [5.74, 6) is 1.02. The lowest BCUT2D eigenvalue weighted by atomic mass is 10.0. The highest BCUT2D eigenvalue weighted by atomic mass is 16.5. The smallest absolute Gasteiger partial charge is 0.123 e. The maximum atomic E-state index is 10.2. The van der Waals surface area contributed by atoms with Crippen LogP contribution < -0.4 is 10.1 Å². The highest BCUT2D eigenvalue weighted by Crippen LogP contribution is 2.29. The number of nitrogens with one attached hydrogen (secondary N) is 1. The third kappa shape index (κ3) is 2.52. The van der Waals surface area contributed by atoms with Crippen LogP contribution in [0, 0.1) is 0 Å². The molecule has 3 heteroatoms. The van der Waals surface area contributed by atoms with Crippen molar-refractivity contribution in [1.29, 1.82) is 0 Å². The SMILES string of the molecule is OC1(CNCC2Cc3ccccc3O2)CCCC1. The summed E-state index contributed by atoms with van der Waals surface area (Å²) in [5, 5.41) is 13.6. The van der Waals surface area contributed by atoms with Crippen molar-refractivity contribution in [2.45, 2.75) is 43.8 Å². The first kappa shape index (κ1) is 12.0. The van der Waals surface area contributed by atoms with E-state index in [2.05, 4.69) is 17.4 Å². The van der Waals surface area contributed by atoms with Crippen LogP contribution in [-0.2, 0) is 6.42 Å². The van der Waals surface area contributed by atoms with Crippen LogP contribution in [0.5, 0.6) is 5.75 Å². The van der Waals surface area contributed by atoms with Crippen molar-refractivity contribution in [2.24, 2.45) is 0 Å². The van der Waals surface area contributed by atoms with E-state index in [9.17, 15) is 5.11 Å². The highest BCUT2D eigenvalue weighted by Gasteiger charge is 2.31. The normalized spacial score (nSPS) is 24.8. The number of ether oxygens (including phenoxy) is 1. The molecule has 3 rings (SSSR count). The standard InChI is InChI=1S/C15H21NO2/c17-15(7-3-4-8-15)11-16-10-13-9-12-5-1-2-6-14(12)18-13/h1-2,5-6,13,16-17H,3-4,7-11H2. The van der Waals surface area contributed by atoms with Crippen molar-refractivity contribution < 1.29 is 9.84 Å². The van der Waals surface area contributed by atoms with Crippen molar-refractivity contribution in [2.75, 3.05) is 13.1 Å². The molecule has 1 aliphatic heterocycles. The van der Waals surface area contributed by atoms with E-state index in [0.29, 0.717) is 6.54 Å². The van der Waals surface area contributed by atoms with Gasteiger partial charge in [-0.15, -0.1) is 0 Å². The fourth-order valence-electron chi connectivity index (χ4n) is 3.04. The quantitative estimate of drug-likeness (QED) is 0.853. The first-order chi connectivity index (χ1) is 8.75. The Labute approximate surface area is 108 Å². The molecule has 0 aromatic heterocycles. The zero-order valence-electron chi connectivity index (χ0n) is 10.7. The molecule has 0 amide bonds. The predicted octanol–water partition coefficient (Wildman–Crippen LogP) is 1.88. The third-order valence-corrected chi connectivity index (χ3v) is 4.07. The van der Waals surface area contributed by atoms with Gasteiger partial charge in [0.1, 0.15) is 11.9 Å². The van der Waals surface area contributed by atoms with Crippen LogP contribution in [0.1, 0.15) is 31.2 Å². The monoisotopic (exact) mass is 247 g/mol. The summed E-state index contributed by atoms with van der Waals surface area (Å²) in [5.41, 5.74) is 0.828. The van der Waals surface area contributed by atoms with Crippen LogP contribution >= 0.6 is 0 Å². The van der Waals surface area contributed by atoms with E-state index in [4.69, 9.17) is 4.74 Å². The van der Waals surface area contributed by atoms with E-state index in [0.717, 1.165) is 44.4 Å². The summed E-state index contributed by atoms with van der Waals surface area (Å²) in [6, 6.07) is 8.22. The van der Waals surface area contributed by atoms with Crippen molar-refractivity contribution in [3.05, 3.63) is 29.8 Å². The molecule has 0 radical (unpaired) electrons. The predicted molar refractivity (Wildman–Crippen MR) is 70.8 cm³/mol. The number of hydrogen-bond donors (Lipinski definition) is 2. The Morgan fingerprint density at radius 2 is 2.06 bits per heavy atom. The topological polar surface area (TPSA) is 41.5 Å². The van der Waals surface area contributed by atoms with E-state index >= 15 is 0 Å². The number of para-hydroxylation sites is 1. The summed E-state index contributed by atoms with van der Waals surface area (Å²) < 4.78 is 5.86. The van der Waals surface area contributed by atoms with E-state index in [1.807, 2.05) is 12.1 Å². The molecule has 1 heterocycles. The number of fused-ring (bicyclic) bond motifs is 1. The van der Waals surface area contributed by atoms with E-state index in [1.54, 1.807) is 0 Å².